The molecule has 0 bridgehead atoms. The molecule has 0 spiro atoms. The highest BCUT2D eigenvalue weighted by Crippen LogP contribution is 2.65. The first-order valence-electron chi connectivity index (χ1n) is 9.68. The van der Waals surface area contributed by atoms with Gasteiger partial charge in [0.05, 0.1) is 32.2 Å². The number of amides is 2. The average Bonchev–Trinajstić information content (AvgIpc) is 3.35. The fraction of sp³-hybridized carbons (Fsp3) is 0.130. The van der Waals surface area contributed by atoms with Gasteiger partial charge >= 0.3 is 0 Å². The van der Waals surface area contributed by atoms with Gasteiger partial charge in [-0.25, -0.2) is 8.78 Å². The Morgan fingerprint density at radius 2 is 1.53 bits per heavy atom. The van der Waals surface area contributed by atoms with E-state index in [1.165, 1.54) is 18.2 Å². The predicted molar refractivity (Wildman–Crippen MR) is 132 cm³/mol. The van der Waals surface area contributed by atoms with Gasteiger partial charge in [0.25, 0.3) is 5.91 Å². The Balaban J connectivity index is 1.51. The molecular formula is C23H13Cl5F2N2O2. The summed E-state index contributed by atoms with van der Waals surface area (Å²) >= 11 is 30.9. The second-order valence-corrected chi connectivity index (χ2v) is 10.2. The predicted octanol–water partition coefficient (Wildman–Crippen LogP) is 7.70. The van der Waals surface area contributed by atoms with Crippen LogP contribution < -0.4 is 10.6 Å². The number of carbonyl (C=O) groups excluding carboxylic acids is 2. The first-order valence-corrected chi connectivity index (χ1v) is 11.6. The van der Waals surface area contributed by atoms with Crippen molar-refractivity contribution < 1.29 is 18.4 Å². The Bertz CT molecular complexity index is 1320. The van der Waals surface area contributed by atoms with Crippen LogP contribution in [0.1, 0.15) is 21.8 Å². The van der Waals surface area contributed by atoms with Crippen LogP contribution in [0, 0.1) is 17.6 Å². The highest BCUT2D eigenvalue weighted by molar-refractivity contribution is 6.53. The van der Waals surface area contributed by atoms with Crippen molar-refractivity contribution in [2.24, 2.45) is 5.92 Å². The van der Waals surface area contributed by atoms with Crippen LogP contribution in [-0.2, 0) is 4.79 Å². The molecule has 0 aromatic heterocycles. The van der Waals surface area contributed by atoms with Crippen LogP contribution in [-0.4, -0.2) is 16.1 Å². The monoisotopic (exact) mass is 562 g/mol. The van der Waals surface area contributed by atoms with Gasteiger partial charge in [-0.15, -0.1) is 23.2 Å². The van der Waals surface area contributed by atoms with E-state index in [0.717, 1.165) is 12.1 Å². The van der Waals surface area contributed by atoms with Crippen LogP contribution >= 0.6 is 58.0 Å². The van der Waals surface area contributed by atoms with Gasteiger partial charge in [0.2, 0.25) is 5.91 Å². The van der Waals surface area contributed by atoms with Crippen molar-refractivity contribution in [3.05, 3.63) is 92.4 Å². The second-order valence-electron chi connectivity index (χ2n) is 7.57. The summed E-state index contributed by atoms with van der Waals surface area (Å²) in [7, 11) is 0. The van der Waals surface area contributed by atoms with Crippen LogP contribution in [0.5, 0.6) is 0 Å². The summed E-state index contributed by atoms with van der Waals surface area (Å²) in [6, 6.07) is 11.8. The van der Waals surface area contributed by atoms with Gasteiger partial charge in [-0.05, 0) is 48.0 Å². The van der Waals surface area contributed by atoms with E-state index in [2.05, 4.69) is 10.6 Å². The van der Waals surface area contributed by atoms with E-state index in [9.17, 15) is 18.4 Å². The Morgan fingerprint density at radius 1 is 0.824 bits per heavy atom. The smallest absolute Gasteiger partial charge is 0.257 e. The van der Waals surface area contributed by atoms with Crippen molar-refractivity contribution in [1.29, 1.82) is 0 Å². The van der Waals surface area contributed by atoms with Gasteiger partial charge in [-0.2, -0.15) is 0 Å². The number of halogens is 7. The van der Waals surface area contributed by atoms with Crippen molar-refractivity contribution >= 4 is 81.2 Å². The molecule has 0 aliphatic heterocycles. The Kier molecular flexibility index (Phi) is 7.00. The molecule has 0 unspecified atom stereocenters. The lowest BCUT2D eigenvalue weighted by Gasteiger charge is -2.11. The molecule has 4 rings (SSSR count). The van der Waals surface area contributed by atoms with Crippen LogP contribution in [0.15, 0.2) is 54.6 Å². The summed E-state index contributed by atoms with van der Waals surface area (Å²) in [6.07, 6.45) is 0. The first-order chi connectivity index (χ1) is 16.0. The zero-order valence-corrected chi connectivity index (χ0v) is 20.6. The van der Waals surface area contributed by atoms with E-state index in [0.29, 0.717) is 21.7 Å². The van der Waals surface area contributed by atoms with Gasteiger partial charge in [0, 0.05) is 17.7 Å². The maximum Gasteiger partial charge on any atom is 0.257 e. The second kappa shape index (κ2) is 9.51. The van der Waals surface area contributed by atoms with Gasteiger partial charge in [0.1, 0.15) is 16.0 Å². The van der Waals surface area contributed by atoms with Gasteiger partial charge in [-0.1, -0.05) is 40.9 Å². The average molecular weight is 565 g/mol. The van der Waals surface area contributed by atoms with E-state index >= 15 is 0 Å². The van der Waals surface area contributed by atoms with Crippen LogP contribution in [0.25, 0.3) is 0 Å². The van der Waals surface area contributed by atoms with Crippen molar-refractivity contribution in [3.8, 4) is 0 Å². The van der Waals surface area contributed by atoms with Crippen LogP contribution in [0.4, 0.5) is 20.2 Å². The van der Waals surface area contributed by atoms with Gasteiger partial charge in [0.15, 0.2) is 0 Å². The number of alkyl halides is 2. The van der Waals surface area contributed by atoms with Crippen molar-refractivity contribution in [1.82, 2.24) is 0 Å². The molecule has 1 fully saturated rings. The van der Waals surface area contributed by atoms with E-state index in [1.807, 2.05) is 0 Å². The van der Waals surface area contributed by atoms with Crippen molar-refractivity contribution in [3.63, 3.8) is 0 Å². The fourth-order valence-corrected chi connectivity index (χ4v) is 4.89. The number of carbonyl (C=O) groups is 2. The minimum Gasteiger partial charge on any atom is -0.326 e. The molecule has 1 saturated carbocycles. The third-order valence-corrected chi connectivity index (χ3v) is 7.31. The molecule has 176 valence electrons. The molecule has 2 N–H and O–H groups in total. The molecule has 0 heterocycles. The molecule has 0 saturated heterocycles. The summed E-state index contributed by atoms with van der Waals surface area (Å²) in [5.41, 5.74) is 0.622. The number of anilines is 2. The van der Waals surface area contributed by atoms with Gasteiger partial charge in [-0.3, -0.25) is 9.59 Å². The molecule has 2 amide bonds. The molecule has 4 nitrogen and oxygen atoms in total. The summed E-state index contributed by atoms with van der Waals surface area (Å²) in [6.45, 7) is 0. The lowest BCUT2D eigenvalue weighted by molar-refractivity contribution is -0.117. The standard InChI is InChI=1S/C23H13Cl5F2N2O2/c24-14-5-3-12(9-13(14)21(33)32-18-6-2-11(29)8-17(18)30)31-22(34)20-19(23(20,27)28)10-1-4-15(25)16(26)7-10/h1-9,19-20H,(H,31,34)(H,32,33)/t19-,20+/m1/s1. The SMILES string of the molecule is O=C(Nc1ccc(F)cc1F)c1cc(NC(=O)[C@@H]2[C@@H](c3ccc(Cl)c(Cl)c3)C2(Cl)Cl)ccc1Cl. The number of hydrogen-bond donors (Lipinski definition) is 2. The summed E-state index contributed by atoms with van der Waals surface area (Å²) < 4.78 is 25.6. The Labute approximate surface area is 218 Å². The molecule has 0 radical (unpaired) electrons. The van der Waals surface area contributed by atoms with E-state index in [4.69, 9.17) is 58.0 Å². The maximum absolute atomic E-state index is 13.9. The molecule has 3 aromatic rings. The molecular weight excluding hydrogens is 552 g/mol. The quantitative estimate of drug-likeness (QED) is 0.312. The lowest BCUT2D eigenvalue weighted by atomic mass is 10.1. The maximum atomic E-state index is 13.9. The molecule has 34 heavy (non-hydrogen) atoms. The topological polar surface area (TPSA) is 58.2 Å². The minimum absolute atomic E-state index is 0.0389. The Hall–Kier alpha value is -2.09. The highest BCUT2D eigenvalue weighted by Gasteiger charge is 2.67. The number of hydrogen-bond acceptors (Lipinski definition) is 2. The summed E-state index contributed by atoms with van der Waals surface area (Å²) in [5.74, 6) is -4.30. The highest BCUT2D eigenvalue weighted by atomic mass is 35.5. The molecule has 2 atom stereocenters. The minimum atomic E-state index is -1.37. The first kappa shape index (κ1) is 25.0. The fourth-order valence-electron chi connectivity index (χ4n) is 3.55. The third-order valence-electron chi connectivity index (χ3n) is 5.30. The largest absolute Gasteiger partial charge is 0.326 e. The lowest BCUT2D eigenvalue weighted by Crippen LogP contribution is -2.18. The zero-order chi connectivity index (χ0) is 24.8. The molecule has 1 aliphatic carbocycles. The van der Waals surface area contributed by atoms with Gasteiger partial charge < -0.3 is 10.6 Å². The number of benzene rings is 3. The third kappa shape index (κ3) is 4.97. The molecule has 1 aliphatic rings. The molecule has 11 heteroatoms. The number of rotatable bonds is 5. The molecule has 3 aromatic carbocycles. The van der Waals surface area contributed by atoms with Crippen LogP contribution in [0.3, 0.4) is 0 Å². The van der Waals surface area contributed by atoms with Crippen molar-refractivity contribution in [2.75, 3.05) is 10.6 Å². The zero-order valence-electron chi connectivity index (χ0n) is 16.8. The normalized spacial score (nSPS) is 18.3. The summed E-state index contributed by atoms with van der Waals surface area (Å²) in [5, 5.41) is 5.70. The summed E-state index contributed by atoms with van der Waals surface area (Å²) in [4.78, 5) is 25.5. The van der Waals surface area contributed by atoms with Crippen molar-refractivity contribution in [2.45, 2.75) is 10.3 Å². The van der Waals surface area contributed by atoms with E-state index in [1.54, 1.807) is 18.2 Å². The van der Waals surface area contributed by atoms with Crippen LogP contribution in [0.2, 0.25) is 15.1 Å². The Morgan fingerprint density at radius 3 is 2.21 bits per heavy atom. The van der Waals surface area contributed by atoms with E-state index in [-0.39, 0.29) is 22.0 Å². The number of nitrogens with one attached hydrogen (secondary N) is 2. The van der Waals surface area contributed by atoms with E-state index < -0.39 is 39.6 Å².